The van der Waals surface area contributed by atoms with Crippen LogP contribution in [0.3, 0.4) is 0 Å². The van der Waals surface area contributed by atoms with Crippen molar-refractivity contribution in [3.8, 4) is 0 Å². The molecule has 2 rings (SSSR count). The number of ether oxygens (including phenoxy) is 1. The summed E-state index contributed by atoms with van der Waals surface area (Å²) in [5, 5.41) is 0. The fraction of sp³-hybridized carbons (Fsp3) is 0.500. The summed E-state index contributed by atoms with van der Waals surface area (Å²) in [4.78, 5) is 0. The van der Waals surface area contributed by atoms with E-state index in [2.05, 4.69) is 58.5 Å². The Bertz CT molecular complexity index is 402. The smallest absolute Gasteiger partial charge is 0.0905 e. The maximum absolute atomic E-state index is 6.06. The van der Waals surface area contributed by atoms with Crippen molar-refractivity contribution >= 4 is 0 Å². The summed E-state index contributed by atoms with van der Waals surface area (Å²) in [7, 11) is 0. The third kappa shape index (κ3) is 2.04. The van der Waals surface area contributed by atoms with Crippen LogP contribution in [0.1, 0.15) is 38.0 Å². The number of benzene rings is 1. The van der Waals surface area contributed by atoms with Gasteiger partial charge in [-0.25, -0.2) is 0 Å². The molecule has 3 unspecified atom stereocenters. The highest BCUT2D eigenvalue weighted by Gasteiger charge is 2.51. The first-order valence-corrected chi connectivity index (χ1v) is 6.31. The molecule has 0 amide bonds. The Morgan fingerprint density at radius 1 is 1.29 bits per heavy atom. The van der Waals surface area contributed by atoms with E-state index in [-0.39, 0.29) is 17.6 Å². The second-order valence-corrected chi connectivity index (χ2v) is 5.76. The SMILES string of the molecule is C=CC(C)C1OC(c2ccc(C)cc2)C1(C)C. The first-order valence-electron chi connectivity index (χ1n) is 6.31. The van der Waals surface area contributed by atoms with Gasteiger partial charge in [0.25, 0.3) is 0 Å². The molecule has 1 aliphatic heterocycles. The van der Waals surface area contributed by atoms with E-state index in [1.54, 1.807) is 0 Å². The van der Waals surface area contributed by atoms with Gasteiger partial charge in [-0.15, -0.1) is 6.58 Å². The Morgan fingerprint density at radius 3 is 2.35 bits per heavy atom. The second-order valence-electron chi connectivity index (χ2n) is 5.76. The standard InChI is InChI=1S/C16H22O/c1-6-12(3)14-16(4,5)15(17-14)13-9-7-11(2)8-10-13/h6-10,12,14-15H,1H2,2-5H3. The van der Waals surface area contributed by atoms with E-state index in [9.17, 15) is 0 Å². The molecule has 1 nitrogen and oxygen atoms in total. The molecule has 3 atom stereocenters. The number of aryl methyl sites for hydroxylation is 1. The van der Waals surface area contributed by atoms with Crippen LogP contribution in [0.2, 0.25) is 0 Å². The van der Waals surface area contributed by atoms with E-state index in [4.69, 9.17) is 4.74 Å². The molecule has 0 aromatic heterocycles. The summed E-state index contributed by atoms with van der Waals surface area (Å²) in [6, 6.07) is 8.66. The van der Waals surface area contributed by atoms with Gasteiger partial charge in [0.05, 0.1) is 12.2 Å². The third-order valence-electron chi connectivity index (χ3n) is 3.92. The zero-order chi connectivity index (χ0) is 12.6. The normalized spacial score (nSPS) is 28.2. The van der Waals surface area contributed by atoms with Crippen LogP contribution in [0.5, 0.6) is 0 Å². The van der Waals surface area contributed by atoms with Crippen molar-refractivity contribution in [3.05, 3.63) is 48.0 Å². The van der Waals surface area contributed by atoms with Crippen molar-refractivity contribution in [2.75, 3.05) is 0 Å². The average Bonchev–Trinajstić information content (AvgIpc) is 2.30. The zero-order valence-corrected chi connectivity index (χ0v) is 11.2. The van der Waals surface area contributed by atoms with Crippen LogP contribution in [0.15, 0.2) is 36.9 Å². The highest BCUT2D eigenvalue weighted by Crippen LogP contribution is 2.53. The van der Waals surface area contributed by atoms with Crippen LogP contribution in [0.4, 0.5) is 0 Å². The summed E-state index contributed by atoms with van der Waals surface area (Å²) in [6.45, 7) is 12.7. The minimum Gasteiger partial charge on any atom is -0.368 e. The quantitative estimate of drug-likeness (QED) is 0.704. The van der Waals surface area contributed by atoms with Crippen molar-refractivity contribution in [2.24, 2.45) is 11.3 Å². The van der Waals surface area contributed by atoms with E-state index < -0.39 is 0 Å². The fourth-order valence-electron chi connectivity index (χ4n) is 2.75. The molecule has 0 spiro atoms. The molecule has 1 aromatic rings. The van der Waals surface area contributed by atoms with E-state index in [0.717, 1.165) is 0 Å². The van der Waals surface area contributed by atoms with Gasteiger partial charge >= 0.3 is 0 Å². The van der Waals surface area contributed by atoms with E-state index in [0.29, 0.717) is 5.92 Å². The lowest BCUT2D eigenvalue weighted by atomic mass is 9.68. The number of rotatable bonds is 3. The molecule has 1 heterocycles. The minimum atomic E-state index is 0.183. The summed E-state index contributed by atoms with van der Waals surface area (Å²) in [5.41, 5.74) is 2.76. The lowest BCUT2D eigenvalue weighted by Gasteiger charge is -2.54. The highest BCUT2D eigenvalue weighted by molar-refractivity contribution is 5.27. The first kappa shape index (κ1) is 12.4. The fourth-order valence-corrected chi connectivity index (χ4v) is 2.75. The summed E-state index contributed by atoms with van der Waals surface area (Å²) < 4.78 is 6.06. The van der Waals surface area contributed by atoms with Crippen LogP contribution < -0.4 is 0 Å². The number of hydrogen-bond donors (Lipinski definition) is 0. The molecule has 1 fully saturated rings. The molecular weight excluding hydrogens is 208 g/mol. The molecular formula is C16H22O. The Hall–Kier alpha value is -1.08. The van der Waals surface area contributed by atoms with Gasteiger partial charge < -0.3 is 4.74 Å². The molecule has 0 saturated carbocycles. The van der Waals surface area contributed by atoms with E-state index in [1.165, 1.54) is 11.1 Å². The van der Waals surface area contributed by atoms with Crippen molar-refractivity contribution in [1.29, 1.82) is 0 Å². The highest BCUT2D eigenvalue weighted by atomic mass is 16.5. The van der Waals surface area contributed by atoms with Gasteiger partial charge in [-0.05, 0) is 12.5 Å². The van der Waals surface area contributed by atoms with E-state index in [1.807, 2.05) is 6.08 Å². The predicted molar refractivity (Wildman–Crippen MR) is 71.9 cm³/mol. The number of hydrogen-bond acceptors (Lipinski definition) is 1. The van der Waals surface area contributed by atoms with Crippen molar-refractivity contribution < 1.29 is 4.74 Å². The molecule has 0 N–H and O–H groups in total. The second kappa shape index (κ2) is 4.30. The van der Waals surface area contributed by atoms with Crippen LogP contribution in [0, 0.1) is 18.3 Å². The van der Waals surface area contributed by atoms with Gasteiger partial charge in [0.1, 0.15) is 0 Å². The first-order chi connectivity index (χ1) is 7.96. The average molecular weight is 230 g/mol. The van der Waals surface area contributed by atoms with Crippen molar-refractivity contribution in [2.45, 2.75) is 39.9 Å². The van der Waals surface area contributed by atoms with Crippen LogP contribution in [0.25, 0.3) is 0 Å². The van der Waals surface area contributed by atoms with Crippen molar-refractivity contribution in [1.82, 2.24) is 0 Å². The van der Waals surface area contributed by atoms with Gasteiger partial charge in [0.2, 0.25) is 0 Å². The van der Waals surface area contributed by atoms with Gasteiger partial charge in [-0.1, -0.05) is 56.7 Å². The largest absolute Gasteiger partial charge is 0.368 e. The lowest BCUT2D eigenvalue weighted by molar-refractivity contribution is -0.251. The molecule has 1 aromatic carbocycles. The topological polar surface area (TPSA) is 9.23 Å². The lowest BCUT2D eigenvalue weighted by Crippen LogP contribution is -2.53. The predicted octanol–water partition coefficient (Wildman–Crippen LogP) is 4.28. The molecule has 17 heavy (non-hydrogen) atoms. The Kier molecular flexibility index (Phi) is 3.13. The van der Waals surface area contributed by atoms with Gasteiger partial charge in [-0.3, -0.25) is 0 Å². The van der Waals surface area contributed by atoms with E-state index >= 15 is 0 Å². The van der Waals surface area contributed by atoms with Gasteiger partial charge in [0.15, 0.2) is 0 Å². The Labute approximate surface area is 104 Å². The summed E-state index contributed by atoms with van der Waals surface area (Å²) in [5.74, 6) is 0.409. The zero-order valence-electron chi connectivity index (χ0n) is 11.2. The Balaban J connectivity index is 2.16. The van der Waals surface area contributed by atoms with Crippen LogP contribution in [-0.4, -0.2) is 6.10 Å². The molecule has 1 saturated heterocycles. The minimum absolute atomic E-state index is 0.183. The molecule has 0 aliphatic carbocycles. The van der Waals surface area contributed by atoms with Crippen LogP contribution >= 0.6 is 0 Å². The third-order valence-corrected chi connectivity index (χ3v) is 3.92. The van der Waals surface area contributed by atoms with Crippen LogP contribution in [-0.2, 0) is 4.74 Å². The maximum atomic E-state index is 6.06. The molecule has 1 heteroatoms. The monoisotopic (exact) mass is 230 g/mol. The van der Waals surface area contributed by atoms with Crippen molar-refractivity contribution in [3.63, 3.8) is 0 Å². The maximum Gasteiger partial charge on any atom is 0.0905 e. The summed E-state index contributed by atoms with van der Waals surface area (Å²) >= 11 is 0. The van der Waals surface area contributed by atoms with Gasteiger partial charge in [-0.2, -0.15) is 0 Å². The molecule has 1 aliphatic rings. The summed E-state index contributed by atoms with van der Waals surface area (Å²) in [6.07, 6.45) is 2.49. The Morgan fingerprint density at radius 2 is 1.88 bits per heavy atom. The van der Waals surface area contributed by atoms with Gasteiger partial charge in [0, 0.05) is 11.3 Å². The molecule has 0 radical (unpaired) electrons. The molecule has 92 valence electrons. The molecule has 0 bridgehead atoms.